The van der Waals surface area contributed by atoms with E-state index in [0.717, 1.165) is 17.1 Å². The van der Waals surface area contributed by atoms with Crippen LogP contribution in [0.1, 0.15) is 38.2 Å². The number of imidazole rings is 1. The van der Waals surface area contributed by atoms with Crippen molar-refractivity contribution in [1.82, 2.24) is 9.55 Å². The van der Waals surface area contributed by atoms with Gasteiger partial charge in [0, 0.05) is 25.5 Å². The van der Waals surface area contributed by atoms with Gasteiger partial charge in [0.15, 0.2) is 11.4 Å². The summed E-state index contributed by atoms with van der Waals surface area (Å²) in [4.78, 5) is 4.35. The molecule has 0 aliphatic rings. The Hall–Kier alpha value is -1.81. The fraction of sp³-hybridized carbons (Fsp3) is 0.400. The third kappa shape index (κ3) is 2.96. The van der Waals surface area contributed by atoms with Crippen LogP contribution in [0.15, 0.2) is 36.7 Å². The van der Waals surface area contributed by atoms with E-state index in [-0.39, 0.29) is 6.04 Å². The van der Waals surface area contributed by atoms with Gasteiger partial charge in [0.2, 0.25) is 0 Å². The summed E-state index contributed by atoms with van der Waals surface area (Å²) in [6.07, 6.45) is 3.69. The first-order chi connectivity index (χ1) is 8.90. The smallest absolute Gasteiger partial charge is 0.161 e. The molecule has 1 unspecified atom stereocenters. The largest absolute Gasteiger partial charge is 0.480 e. The summed E-state index contributed by atoms with van der Waals surface area (Å²) in [6, 6.07) is 7.92. The van der Waals surface area contributed by atoms with Crippen LogP contribution in [0.5, 0.6) is 5.75 Å². The first kappa shape index (κ1) is 13.6. The minimum absolute atomic E-state index is 0.0385. The Kier molecular flexibility index (Phi) is 3.62. The van der Waals surface area contributed by atoms with Crippen molar-refractivity contribution < 1.29 is 4.74 Å². The van der Waals surface area contributed by atoms with Crippen LogP contribution < -0.4 is 10.5 Å². The molecule has 2 aromatic rings. The van der Waals surface area contributed by atoms with Crippen molar-refractivity contribution >= 4 is 0 Å². The first-order valence-electron chi connectivity index (χ1n) is 6.42. The lowest BCUT2D eigenvalue weighted by Crippen LogP contribution is -2.29. The van der Waals surface area contributed by atoms with Gasteiger partial charge >= 0.3 is 0 Å². The molecule has 2 rings (SSSR count). The van der Waals surface area contributed by atoms with E-state index in [1.807, 2.05) is 62.8 Å². The van der Waals surface area contributed by atoms with Gasteiger partial charge in [0.25, 0.3) is 0 Å². The molecule has 4 heteroatoms. The highest BCUT2D eigenvalue weighted by atomic mass is 16.5. The molecule has 0 spiro atoms. The van der Waals surface area contributed by atoms with E-state index < -0.39 is 5.60 Å². The predicted molar refractivity (Wildman–Crippen MR) is 75.9 cm³/mol. The van der Waals surface area contributed by atoms with Crippen molar-refractivity contribution in [3.8, 4) is 5.75 Å². The highest BCUT2D eigenvalue weighted by Crippen LogP contribution is 2.27. The van der Waals surface area contributed by atoms with Crippen LogP contribution in [0, 0.1) is 0 Å². The average molecular weight is 259 g/mol. The zero-order chi connectivity index (χ0) is 14.0. The van der Waals surface area contributed by atoms with Gasteiger partial charge in [-0.25, -0.2) is 4.98 Å². The maximum atomic E-state index is 6.04. The van der Waals surface area contributed by atoms with Crippen molar-refractivity contribution in [1.29, 1.82) is 0 Å². The molecule has 1 aromatic carbocycles. The van der Waals surface area contributed by atoms with Crippen molar-refractivity contribution in [3.63, 3.8) is 0 Å². The molecule has 19 heavy (non-hydrogen) atoms. The number of aromatic nitrogens is 2. The van der Waals surface area contributed by atoms with Crippen LogP contribution in [-0.4, -0.2) is 9.55 Å². The highest BCUT2D eigenvalue weighted by molar-refractivity contribution is 5.29. The molecule has 0 saturated carbocycles. The van der Waals surface area contributed by atoms with Crippen LogP contribution in [0.25, 0.3) is 0 Å². The highest BCUT2D eigenvalue weighted by Gasteiger charge is 2.27. The van der Waals surface area contributed by atoms with Gasteiger partial charge < -0.3 is 15.0 Å². The molecule has 0 aliphatic heterocycles. The first-order valence-corrected chi connectivity index (χ1v) is 6.42. The number of aryl methyl sites for hydroxylation is 1. The number of nitrogens with two attached hydrogens (primary N) is 1. The third-order valence-electron chi connectivity index (χ3n) is 3.14. The standard InChI is InChI=1S/C15H21N3O/c1-11(16)12-5-7-13(8-6-12)19-15(2,3)14-17-9-10-18(14)4/h5-11H,16H2,1-4H3. The molecule has 4 nitrogen and oxygen atoms in total. The number of hydrogen-bond acceptors (Lipinski definition) is 3. The van der Waals surface area contributed by atoms with E-state index in [2.05, 4.69) is 4.98 Å². The summed E-state index contributed by atoms with van der Waals surface area (Å²) in [5.74, 6) is 1.71. The molecule has 0 amide bonds. The van der Waals surface area contributed by atoms with Crippen LogP contribution in [-0.2, 0) is 12.6 Å². The SMILES string of the molecule is CC(N)c1ccc(OC(C)(C)c2nccn2C)cc1. The van der Waals surface area contributed by atoms with Gasteiger partial charge in [-0.1, -0.05) is 12.1 Å². The lowest BCUT2D eigenvalue weighted by molar-refractivity contribution is 0.0953. The molecule has 0 bridgehead atoms. The molecule has 0 fully saturated rings. The van der Waals surface area contributed by atoms with E-state index >= 15 is 0 Å². The number of ether oxygens (including phenoxy) is 1. The second kappa shape index (κ2) is 5.05. The van der Waals surface area contributed by atoms with Gasteiger partial charge in [0.05, 0.1) is 0 Å². The molecule has 0 radical (unpaired) electrons. The number of nitrogens with zero attached hydrogens (tertiary/aromatic N) is 2. The van der Waals surface area contributed by atoms with Crippen LogP contribution >= 0.6 is 0 Å². The number of hydrogen-bond donors (Lipinski definition) is 1. The molecular formula is C15H21N3O. The second-order valence-corrected chi connectivity index (χ2v) is 5.33. The van der Waals surface area contributed by atoms with E-state index in [1.54, 1.807) is 6.20 Å². The summed E-state index contributed by atoms with van der Waals surface area (Å²) in [5.41, 5.74) is 6.46. The van der Waals surface area contributed by atoms with Crippen LogP contribution in [0.3, 0.4) is 0 Å². The van der Waals surface area contributed by atoms with Crippen molar-refractivity contribution in [3.05, 3.63) is 48.0 Å². The monoisotopic (exact) mass is 259 g/mol. The number of rotatable bonds is 4. The van der Waals surface area contributed by atoms with Gasteiger partial charge in [0.1, 0.15) is 5.75 Å². The minimum atomic E-state index is -0.478. The summed E-state index contributed by atoms with van der Waals surface area (Å²) in [5, 5.41) is 0. The summed E-state index contributed by atoms with van der Waals surface area (Å²) in [6.45, 7) is 5.98. The molecular weight excluding hydrogens is 238 g/mol. The van der Waals surface area contributed by atoms with Crippen LogP contribution in [0.4, 0.5) is 0 Å². The topological polar surface area (TPSA) is 53.1 Å². The summed E-state index contributed by atoms with van der Waals surface area (Å²) < 4.78 is 8.01. The maximum absolute atomic E-state index is 6.04. The fourth-order valence-electron chi connectivity index (χ4n) is 2.13. The number of benzene rings is 1. The molecule has 0 saturated heterocycles. The lowest BCUT2D eigenvalue weighted by atomic mass is 10.1. The summed E-state index contributed by atoms with van der Waals surface area (Å²) >= 11 is 0. The van der Waals surface area contributed by atoms with Gasteiger partial charge in [-0.05, 0) is 38.5 Å². The molecule has 1 atom stereocenters. The Morgan fingerprint density at radius 3 is 2.37 bits per heavy atom. The second-order valence-electron chi connectivity index (χ2n) is 5.33. The molecule has 1 heterocycles. The Morgan fingerprint density at radius 2 is 1.89 bits per heavy atom. The van der Waals surface area contributed by atoms with Gasteiger partial charge in [-0.2, -0.15) is 0 Å². The Morgan fingerprint density at radius 1 is 1.26 bits per heavy atom. The average Bonchev–Trinajstić information content (AvgIpc) is 2.76. The predicted octanol–water partition coefficient (Wildman–Crippen LogP) is 2.75. The van der Waals surface area contributed by atoms with E-state index in [1.165, 1.54) is 0 Å². The molecule has 0 aliphatic carbocycles. The van der Waals surface area contributed by atoms with E-state index in [9.17, 15) is 0 Å². The maximum Gasteiger partial charge on any atom is 0.161 e. The Bertz CT molecular complexity index is 541. The zero-order valence-corrected chi connectivity index (χ0v) is 11.9. The minimum Gasteiger partial charge on any atom is -0.480 e. The van der Waals surface area contributed by atoms with Crippen molar-refractivity contribution in [2.75, 3.05) is 0 Å². The van der Waals surface area contributed by atoms with Crippen molar-refractivity contribution in [2.45, 2.75) is 32.4 Å². The third-order valence-corrected chi connectivity index (χ3v) is 3.14. The zero-order valence-electron chi connectivity index (χ0n) is 11.9. The van der Waals surface area contributed by atoms with Gasteiger partial charge in [-0.3, -0.25) is 0 Å². The molecule has 2 N–H and O–H groups in total. The summed E-state index contributed by atoms with van der Waals surface area (Å²) in [7, 11) is 1.96. The van der Waals surface area contributed by atoms with Gasteiger partial charge in [-0.15, -0.1) is 0 Å². The lowest BCUT2D eigenvalue weighted by Gasteiger charge is -2.26. The van der Waals surface area contributed by atoms with Crippen molar-refractivity contribution in [2.24, 2.45) is 12.8 Å². The Balaban J connectivity index is 2.18. The fourth-order valence-corrected chi connectivity index (χ4v) is 2.13. The van der Waals surface area contributed by atoms with E-state index in [0.29, 0.717) is 0 Å². The molecule has 1 aromatic heterocycles. The normalized spacial score (nSPS) is 13.3. The quantitative estimate of drug-likeness (QED) is 0.918. The van der Waals surface area contributed by atoms with Crippen LogP contribution in [0.2, 0.25) is 0 Å². The van der Waals surface area contributed by atoms with E-state index in [4.69, 9.17) is 10.5 Å². The molecule has 102 valence electrons. The Labute approximate surface area is 114 Å².